The first-order valence-corrected chi connectivity index (χ1v) is 11.2. The molecule has 1 saturated heterocycles. The van der Waals surface area contributed by atoms with Crippen molar-refractivity contribution in [2.75, 3.05) is 70.4 Å². The lowest BCUT2D eigenvalue weighted by Crippen LogP contribution is -2.42. The third-order valence-corrected chi connectivity index (χ3v) is 6.90. The summed E-state index contributed by atoms with van der Waals surface area (Å²) in [5.41, 5.74) is 2.58. The fourth-order valence-electron chi connectivity index (χ4n) is 3.74. The molecule has 2 heterocycles. The average Bonchev–Trinajstić information content (AvgIpc) is 2.86. The van der Waals surface area contributed by atoms with E-state index in [9.17, 15) is 8.42 Å². The molecule has 8 heteroatoms. The standard InChI is InChI=1S/C19H30N2O5S/c1-24-9-10-25-11-12-26-13-14-27(22,23)20-7-4-8-21-18(16-20)15-17-5-2-3-6-19(17)21/h2-3,5-6,18H,4,7-16H2,1H3. The quantitative estimate of drug-likeness (QED) is 0.551. The van der Waals surface area contributed by atoms with Crippen molar-refractivity contribution in [3.8, 4) is 0 Å². The Morgan fingerprint density at radius 1 is 1.04 bits per heavy atom. The second-order valence-electron chi connectivity index (χ2n) is 6.93. The van der Waals surface area contributed by atoms with Crippen LogP contribution in [-0.4, -0.2) is 84.3 Å². The van der Waals surface area contributed by atoms with Crippen molar-refractivity contribution >= 4 is 15.7 Å². The van der Waals surface area contributed by atoms with Gasteiger partial charge in [0.15, 0.2) is 0 Å². The molecule has 0 aromatic heterocycles. The first-order valence-electron chi connectivity index (χ1n) is 9.58. The van der Waals surface area contributed by atoms with Gasteiger partial charge in [0.2, 0.25) is 10.0 Å². The molecule has 1 fully saturated rings. The van der Waals surface area contributed by atoms with Crippen LogP contribution in [0.1, 0.15) is 12.0 Å². The lowest BCUT2D eigenvalue weighted by Gasteiger charge is -2.27. The highest BCUT2D eigenvalue weighted by atomic mass is 32.2. The van der Waals surface area contributed by atoms with Gasteiger partial charge in [-0.2, -0.15) is 4.31 Å². The summed E-state index contributed by atoms with van der Waals surface area (Å²) in [7, 11) is -1.69. The van der Waals surface area contributed by atoms with Crippen molar-refractivity contribution in [2.45, 2.75) is 18.9 Å². The number of para-hydroxylation sites is 1. The van der Waals surface area contributed by atoms with Crippen LogP contribution in [0.15, 0.2) is 24.3 Å². The van der Waals surface area contributed by atoms with Crippen LogP contribution in [0.2, 0.25) is 0 Å². The van der Waals surface area contributed by atoms with Crippen LogP contribution in [0.4, 0.5) is 5.69 Å². The molecule has 7 nitrogen and oxygen atoms in total. The zero-order chi connectivity index (χ0) is 19.1. The number of rotatable bonds is 10. The summed E-state index contributed by atoms with van der Waals surface area (Å²) in [4.78, 5) is 2.37. The number of methoxy groups -OCH3 is 1. The van der Waals surface area contributed by atoms with E-state index in [0.717, 1.165) is 19.4 Å². The predicted molar refractivity (Wildman–Crippen MR) is 105 cm³/mol. The van der Waals surface area contributed by atoms with Crippen LogP contribution in [0.3, 0.4) is 0 Å². The molecule has 0 radical (unpaired) electrons. The molecule has 1 unspecified atom stereocenters. The Balaban J connectivity index is 1.45. The van der Waals surface area contributed by atoms with Crippen LogP contribution < -0.4 is 4.90 Å². The molecule has 2 aliphatic heterocycles. The number of fused-ring (bicyclic) bond motifs is 3. The highest BCUT2D eigenvalue weighted by Gasteiger charge is 2.35. The second-order valence-corrected chi connectivity index (χ2v) is 9.01. The number of sulfonamides is 1. The third kappa shape index (κ3) is 5.42. The molecule has 27 heavy (non-hydrogen) atoms. The Kier molecular flexibility index (Phi) is 7.49. The Labute approximate surface area is 162 Å². The van der Waals surface area contributed by atoms with Gasteiger partial charge in [-0.25, -0.2) is 8.42 Å². The maximum atomic E-state index is 12.8. The smallest absolute Gasteiger partial charge is 0.216 e. The first-order chi connectivity index (χ1) is 13.1. The van der Waals surface area contributed by atoms with Crippen molar-refractivity contribution in [1.29, 1.82) is 0 Å². The molecule has 0 saturated carbocycles. The molecular formula is C19H30N2O5S. The van der Waals surface area contributed by atoms with Gasteiger partial charge in [0.1, 0.15) is 0 Å². The van der Waals surface area contributed by atoms with Gasteiger partial charge >= 0.3 is 0 Å². The summed E-state index contributed by atoms with van der Waals surface area (Å²) >= 11 is 0. The van der Waals surface area contributed by atoms with Crippen LogP contribution in [0.5, 0.6) is 0 Å². The van der Waals surface area contributed by atoms with Gasteiger partial charge in [0.05, 0.1) is 38.8 Å². The fraction of sp³-hybridized carbons (Fsp3) is 0.684. The summed E-state index contributed by atoms with van der Waals surface area (Å²) in [6, 6.07) is 8.62. The Morgan fingerprint density at radius 3 is 2.59 bits per heavy atom. The molecule has 0 amide bonds. The van der Waals surface area contributed by atoms with E-state index in [1.807, 2.05) is 0 Å². The molecule has 1 aromatic carbocycles. The van der Waals surface area contributed by atoms with Crippen molar-refractivity contribution in [3.05, 3.63) is 29.8 Å². The lowest BCUT2D eigenvalue weighted by molar-refractivity contribution is 0.0283. The molecule has 3 rings (SSSR count). The minimum Gasteiger partial charge on any atom is -0.382 e. The topological polar surface area (TPSA) is 68.3 Å². The number of hydrogen-bond acceptors (Lipinski definition) is 6. The number of ether oxygens (including phenoxy) is 3. The fourth-order valence-corrected chi connectivity index (χ4v) is 5.14. The maximum Gasteiger partial charge on any atom is 0.216 e. The lowest BCUT2D eigenvalue weighted by atomic mass is 10.1. The molecular weight excluding hydrogens is 368 g/mol. The normalized spacial score (nSPS) is 20.3. The molecule has 0 aliphatic carbocycles. The third-order valence-electron chi connectivity index (χ3n) is 5.10. The Hall–Kier alpha value is -1.19. The second kappa shape index (κ2) is 9.84. The predicted octanol–water partition coefficient (Wildman–Crippen LogP) is 1.13. The van der Waals surface area contributed by atoms with E-state index in [-0.39, 0.29) is 18.4 Å². The van der Waals surface area contributed by atoms with Crippen LogP contribution in [-0.2, 0) is 30.7 Å². The molecule has 1 atom stereocenters. The highest BCUT2D eigenvalue weighted by molar-refractivity contribution is 7.89. The summed E-state index contributed by atoms with van der Waals surface area (Å²) in [5.74, 6) is 0.0186. The number of benzene rings is 1. The van der Waals surface area contributed by atoms with E-state index in [1.165, 1.54) is 11.3 Å². The van der Waals surface area contributed by atoms with Crippen molar-refractivity contribution in [2.24, 2.45) is 0 Å². The molecule has 0 bridgehead atoms. The van der Waals surface area contributed by atoms with Gasteiger partial charge in [0, 0.05) is 38.5 Å². The SMILES string of the molecule is COCCOCCOCCS(=O)(=O)N1CCCN2c3ccccc3CC2C1. The highest BCUT2D eigenvalue weighted by Crippen LogP contribution is 2.34. The molecule has 2 aliphatic rings. The van der Waals surface area contributed by atoms with Gasteiger partial charge in [-0.05, 0) is 24.5 Å². The van der Waals surface area contributed by atoms with Crippen molar-refractivity contribution in [1.82, 2.24) is 4.31 Å². The van der Waals surface area contributed by atoms with Crippen molar-refractivity contribution in [3.63, 3.8) is 0 Å². The zero-order valence-electron chi connectivity index (χ0n) is 16.0. The van der Waals surface area contributed by atoms with Gasteiger partial charge in [0.25, 0.3) is 0 Å². The number of hydrogen-bond donors (Lipinski definition) is 0. The molecule has 152 valence electrons. The van der Waals surface area contributed by atoms with Gasteiger partial charge in [-0.15, -0.1) is 0 Å². The van der Waals surface area contributed by atoms with E-state index < -0.39 is 10.0 Å². The monoisotopic (exact) mass is 398 g/mol. The first kappa shape index (κ1) is 20.5. The van der Waals surface area contributed by atoms with E-state index in [0.29, 0.717) is 39.5 Å². The van der Waals surface area contributed by atoms with Gasteiger partial charge in [-0.1, -0.05) is 18.2 Å². The molecule has 1 aromatic rings. The van der Waals surface area contributed by atoms with Crippen molar-refractivity contribution < 1.29 is 22.6 Å². The summed E-state index contributed by atoms with van der Waals surface area (Å²) in [6.45, 7) is 4.14. The molecule has 0 N–H and O–H groups in total. The largest absolute Gasteiger partial charge is 0.382 e. The summed E-state index contributed by atoms with van der Waals surface area (Å²) in [5, 5.41) is 0. The van der Waals surface area contributed by atoms with Crippen LogP contribution in [0, 0.1) is 0 Å². The van der Waals surface area contributed by atoms with E-state index in [1.54, 1.807) is 11.4 Å². The maximum absolute atomic E-state index is 12.8. The Bertz CT molecular complexity index is 697. The number of nitrogens with zero attached hydrogens (tertiary/aromatic N) is 2. The van der Waals surface area contributed by atoms with E-state index >= 15 is 0 Å². The number of anilines is 1. The summed E-state index contributed by atoms with van der Waals surface area (Å²) < 4.78 is 42.8. The van der Waals surface area contributed by atoms with Crippen LogP contribution >= 0.6 is 0 Å². The minimum atomic E-state index is -3.31. The van der Waals surface area contributed by atoms with Gasteiger partial charge in [-0.3, -0.25) is 0 Å². The minimum absolute atomic E-state index is 0.0186. The molecule has 0 spiro atoms. The average molecular weight is 399 g/mol. The Morgan fingerprint density at radius 2 is 1.78 bits per heavy atom. The van der Waals surface area contributed by atoms with E-state index in [4.69, 9.17) is 14.2 Å². The van der Waals surface area contributed by atoms with Gasteiger partial charge < -0.3 is 19.1 Å². The summed E-state index contributed by atoms with van der Waals surface area (Å²) in [6.07, 6.45) is 1.76. The van der Waals surface area contributed by atoms with E-state index in [2.05, 4.69) is 29.2 Å². The zero-order valence-corrected chi connectivity index (χ0v) is 16.8. The van der Waals surface area contributed by atoms with Crippen LogP contribution in [0.25, 0.3) is 0 Å².